The zero-order valence-electron chi connectivity index (χ0n) is 11.0. The van der Waals surface area contributed by atoms with Gasteiger partial charge in [-0.25, -0.2) is 0 Å². The molecule has 7 heteroatoms. The summed E-state index contributed by atoms with van der Waals surface area (Å²) in [7, 11) is 0. The quantitative estimate of drug-likeness (QED) is 0.421. The van der Waals surface area contributed by atoms with Gasteiger partial charge in [-0.05, 0) is 12.1 Å². The molecule has 0 saturated carbocycles. The Morgan fingerprint density at radius 1 is 1.00 bits per heavy atom. The first-order chi connectivity index (χ1) is 10.4. The van der Waals surface area contributed by atoms with Gasteiger partial charge in [-0.2, -0.15) is 0 Å². The summed E-state index contributed by atoms with van der Waals surface area (Å²) in [5.41, 5.74) is 4.67. The number of aromatic hydroxyl groups is 3. The summed E-state index contributed by atoms with van der Waals surface area (Å²) >= 11 is 0. The molecule has 0 unspecified atom stereocenters. The molecule has 0 saturated heterocycles. The number of hydrogen-bond acceptors (Lipinski definition) is 7. The Labute approximate surface area is 121 Å². The molecule has 0 fully saturated rings. The Bertz CT molecular complexity index is 1180. The van der Waals surface area contributed by atoms with E-state index in [2.05, 4.69) is 0 Å². The highest BCUT2D eigenvalue weighted by atomic mass is 16.5. The van der Waals surface area contributed by atoms with Crippen molar-refractivity contribution in [2.24, 2.45) is 5.73 Å². The average Bonchev–Trinajstić information content (AvgIpc) is 2.47. The second-order valence-corrected chi connectivity index (χ2v) is 5.21. The summed E-state index contributed by atoms with van der Waals surface area (Å²) in [6.07, 6.45) is 0.0347. The largest absolute Gasteiger partial charge is 0.504 e. The van der Waals surface area contributed by atoms with E-state index in [-0.39, 0.29) is 34.0 Å². The number of benzene rings is 2. The molecule has 0 bridgehead atoms. The lowest BCUT2D eigenvalue weighted by molar-refractivity contribution is 0.345. The highest BCUT2D eigenvalue weighted by Crippen LogP contribution is 2.35. The molecule has 4 rings (SSSR count). The van der Waals surface area contributed by atoms with Crippen molar-refractivity contribution in [1.82, 2.24) is 0 Å². The van der Waals surface area contributed by atoms with Gasteiger partial charge in [-0.1, -0.05) is 0 Å². The molecule has 5 N–H and O–H groups in total. The van der Waals surface area contributed by atoms with Gasteiger partial charge in [0.1, 0.15) is 0 Å². The molecule has 110 valence electrons. The van der Waals surface area contributed by atoms with Gasteiger partial charge in [-0.15, -0.1) is 0 Å². The summed E-state index contributed by atoms with van der Waals surface area (Å²) in [5, 5.41) is 30.4. The van der Waals surface area contributed by atoms with Gasteiger partial charge in [0.15, 0.2) is 17.1 Å². The van der Waals surface area contributed by atoms with Crippen LogP contribution in [0.4, 0.5) is 0 Å². The van der Waals surface area contributed by atoms with Gasteiger partial charge in [0.2, 0.25) is 5.43 Å². The maximum atomic E-state index is 12.1. The van der Waals surface area contributed by atoms with Crippen LogP contribution in [0.25, 0.3) is 27.4 Å². The summed E-state index contributed by atoms with van der Waals surface area (Å²) in [5.74, 6) is -1.71. The molecular weight excluding hydrogens is 290 g/mol. The number of phenols is 2. The standard InChI is InChI=1S/C15H9NO6/c16-7-1-5-10-6(3-8(17)12(5)19)15(21)22-14-11(10)4(7)2-9(18)13(14)20/h2-3,17-18,21H,1,16H2. The van der Waals surface area contributed by atoms with Crippen molar-refractivity contribution in [2.75, 3.05) is 0 Å². The van der Waals surface area contributed by atoms with E-state index in [9.17, 15) is 24.9 Å². The van der Waals surface area contributed by atoms with Gasteiger partial charge < -0.3 is 25.5 Å². The fraction of sp³-hybridized carbons (Fsp3) is 0.0667. The van der Waals surface area contributed by atoms with Crippen molar-refractivity contribution in [3.8, 4) is 17.4 Å². The fourth-order valence-electron chi connectivity index (χ4n) is 2.99. The van der Waals surface area contributed by atoms with Crippen molar-refractivity contribution in [2.45, 2.75) is 6.42 Å². The minimum Gasteiger partial charge on any atom is -0.504 e. The molecule has 0 radical (unpaired) electrons. The smallest absolute Gasteiger partial charge is 0.290 e. The van der Waals surface area contributed by atoms with Crippen LogP contribution in [0.5, 0.6) is 17.4 Å². The van der Waals surface area contributed by atoms with E-state index in [1.165, 1.54) is 6.07 Å². The third-order valence-electron chi connectivity index (χ3n) is 3.97. The first kappa shape index (κ1) is 12.5. The van der Waals surface area contributed by atoms with Crippen LogP contribution in [0.2, 0.25) is 0 Å². The highest BCUT2D eigenvalue weighted by Gasteiger charge is 2.25. The monoisotopic (exact) mass is 299 g/mol. The Kier molecular flexibility index (Phi) is 2.11. The number of nitrogens with two attached hydrogens (primary N) is 1. The summed E-state index contributed by atoms with van der Waals surface area (Å²) in [6, 6.07) is 2.30. The maximum Gasteiger partial charge on any atom is 0.290 e. The van der Waals surface area contributed by atoms with Crippen molar-refractivity contribution in [1.29, 1.82) is 0 Å². The molecule has 1 aliphatic carbocycles. The van der Waals surface area contributed by atoms with Crippen LogP contribution in [0.15, 0.2) is 26.1 Å². The maximum absolute atomic E-state index is 12.1. The lowest BCUT2D eigenvalue weighted by atomic mass is 9.91. The Morgan fingerprint density at radius 3 is 2.41 bits per heavy atom. The highest BCUT2D eigenvalue weighted by molar-refractivity contribution is 6.11. The molecule has 0 aliphatic heterocycles. The minimum atomic E-state index is -0.808. The van der Waals surface area contributed by atoms with Crippen molar-refractivity contribution in [3.63, 3.8) is 0 Å². The van der Waals surface area contributed by atoms with Crippen molar-refractivity contribution in [3.05, 3.63) is 43.4 Å². The van der Waals surface area contributed by atoms with Crippen LogP contribution >= 0.6 is 0 Å². The molecule has 2 aromatic carbocycles. The molecule has 1 aromatic heterocycles. The van der Waals surface area contributed by atoms with E-state index in [0.717, 1.165) is 6.07 Å². The Morgan fingerprint density at radius 2 is 1.68 bits per heavy atom. The number of phenolic OH excluding ortho intramolecular Hbond substituents is 2. The van der Waals surface area contributed by atoms with Crippen molar-refractivity contribution >= 4 is 27.4 Å². The van der Waals surface area contributed by atoms with E-state index < -0.39 is 28.3 Å². The first-order valence-corrected chi connectivity index (χ1v) is 6.39. The predicted molar refractivity (Wildman–Crippen MR) is 77.8 cm³/mol. The molecule has 0 spiro atoms. The van der Waals surface area contributed by atoms with Gasteiger partial charge >= 0.3 is 0 Å². The second-order valence-electron chi connectivity index (χ2n) is 5.21. The van der Waals surface area contributed by atoms with Gasteiger partial charge in [0, 0.05) is 33.7 Å². The first-order valence-electron chi connectivity index (χ1n) is 6.39. The van der Waals surface area contributed by atoms with Crippen LogP contribution in [0, 0.1) is 0 Å². The van der Waals surface area contributed by atoms with Gasteiger partial charge in [0.25, 0.3) is 11.4 Å². The fourth-order valence-corrected chi connectivity index (χ4v) is 2.99. The molecule has 7 nitrogen and oxygen atoms in total. The number of rotatable bonds is 0. The second kappa shape index (κ2) is 3.70. The minimum absolute atomic E-state index is 0.0347. The van der Waals surface area contributed by atoms with E-state index in [1.54, 1.807) is 0 Å². The van der Waals surface area contributed by atoms with Crippen LogP contribution in [-0.2, 0) is 6.42 Å². The average molecular weight is 299 g/mol. The van der Waals surface area contributed by atoms with E-state index in [1.807, 2.05) is 0 Å². The van der Waals surface area contributed by atoms with Crippen LogP contribution in [-0.4, -0.2) is 15.3 Å². The lowest BCUT2D eigenvalue weighted by Gasteiger charge is -2.16. The van der Waals surface area contributed by atoms with Gasteiger partial charge in [-0.3, -0.25) is 9.59 Å². The molecule has 0 amide bonds. The normalized spacial score (nSPS) is 13.4. The van der Waals surface area contributed by atoms with Crippen LogP contribution in [0.1, 0.15) is 5.56 Å². The molecule has 0 atom stereocenters. The lowest BCUT2D eigenvalue weighted by Crippen LogP contribution is -2.26. The SMILES string of the molecule is NC1=c2cc(O)c(=O)c3oc(O)c4cc(O)c(=O)c(c4c23)C1. The summed E-state index contributed by atoms with van der Waals surface area (Å²) in [4.78, 5) is 24.2. The van der Waals surface area contributed by atoms with Gasteiger partial charge in [0.05, 0.1) is 5.39 Å². The van der Waals surface area contributed by atoms with Crippen LogP contribution < -0.4 is 21.8 Å². The van der Waals surface area contributed by atoms with Crippen LogP contribution in [0.3, 0.4) is 0 Å². The van der Waals surface area contributed by atoms with E-state index in [4.69, 9.17) is 10.2 Å². The molecule has 3 aromatic rings. The summed E-state index contributed by atoms with van der Waals surface area (Å²) in [6.45, 7) is 0. The molecule has 22 heavy (non-hydrogen) atoms. The van der Waals surface area contributed by atoms with Crippen molar-refractivity contribution < 1.29 is 19.7 Å². The zero-order chi connectivity index (χ0) is 15.8. The summed E-state index contributed by atoms with van der Waals surface area (Å²) < 4.78 is 5.10. The number of hydrogen-bond donors (Lipinski definition) is 4. The van der Waals surface area contributed by atoms with E-state index in [0.29, 0.717) is 10.6 Å². The molecule has 1 heterocycles. The third kappa shape index (κ3) is 1.30. The zero-order valence-corrected chi connectivity index (χ0v) is 11.0. The molecule has 1 aliphatic rings. The Balaban J connectivity index is 2.52. The topological polar surface area (TPSA) is 134 Å². The molecular formula is C15H9NO6. The Hall–Kier alpha value is -3.22. The van der Waals surface area contributed by atoms with E-state index >= 15 is 0 Å². The third-order valence-corrected chi connectivity index (χ3v) is 3.97. The predicted octanol–water partition coefficient (Wildman–Crippen LogP) is -0.235.